The third-order valence-electron chi connectivity index (χ3n) is 6.51. The molecule has 0 bridgehead atoms. The van der Waals surface area contributed by atoms with Crippen LogP contribution in [0.3, 0.4) is 0 Å². The summed E-state index contributed by atoms with van der Waals surface area (Å²) in [7, 11) is -3.55. The third kappa shape index (κ3) is 5.48. The molecule has 33 heavy (non-hydrogen) atoms. The minimum Gasteiger partial charge on any atom is -0.508 e. The highest BCUT2D eigenvalue weighted by Gasteiger charge is 2.28. The minimum atomic E-state index is -3.55. The monoisotopic (exact) mass is 472 g/mol. The smallest absolute Gasteiger partial charge is 0.243 e. The van der Waals surface area contributed by atoms with Gasteiger partial charge in [0.2, 0.25) is 15.9 Å². The summed E-state index contributed by atoms with van der Waals surface area (Å²) in [5, 5.41) is 12.4. The Morgan fingerprint density at radius 1 is 0.939 bits per heavy atom. The van der Waals surface area contributed by atoms with Gasteiger partial charge in [-0.3, -0.25) is 9.69 Å². The number of anilines is 2. The van der Waals surface area contributed by atoms with E-state index in [1.165, 1.54) is 4.31 Å². The molecule has 2 saturated heterocycles. The van der Waals surface area contributed by atoms with Crippen molar-refractivity contribution in [1.82, 2.24) is 9.21 Å². The minimum absolute atomic E-state index is 0.152. The Balaban J connectivity index is 1.35. The molecule has 2 aromatic rings. The van der Waals surface area contributed by atoms with E-state index in [2.05, 4.69) is 15.1 Å². The van der Waals surface area contributed by atoms with Gasteiger partial charge in [0.25, 0.3) is 0 Å². The van der Waals surface area contributed by atoms with Crippen LogP contribution in [0, 0.1) is 0 Å². The molecule has 2 heterocycles. The first-order valence-corrected chi connectivity index (χ1v) is 13.0. The van der Waals surface area contributed by atoms with E-state index in [0.29, 0.717) is 18.8 Å². The second kappa shape index (κ2) is 10.1. The fourth-order valence-corrected chi connectivity index (χ4v) is 6.00. The largest absolute Gasteiger partial charge is 0.508 e. The van der Waals surface area contributed by atoms with Crippen LogP contribution in [0.25, 0.3) is 0 Å². The van der Waals surface area contributed by atoms with Crippen LogP contribution < -0.4 is 10.2 Å². The highest BCUT2D eigenvalue weighted by Crippen LogP contribution is 2.24. The molecule has 0 spiro atoms. The number of piperidine rings is 1. The van der Waals surface area contributed by atoms with Crippen molar-refractivity contribution in [3.63, 3.8) is 0 Å². The topological polar surface area (TPSA) is 93.2 Å². The summed E-state index contributed by atoms with van der Waals surface area (Å²) in [6, 6.07) is 13.3. The normalized spacial score (nSPS) is 19.2. The summed E-state index contributed by atoms with van der Waals surface area (Å²) in [5.74, 6) is 0.0936. The van der Waals surface area contributed by atoms with Gasteiger partial charge in [0.15, 0.2) is 0 Å². The van der Waals surface area contributed by atoms with Crippen LogP contribution in [0.5, 0.6) is 5.75 Å². The lowest BCUT2D eigenvalue weighted by atomic mass is 10.2. The Morgan fingerprint density at radius 2 is 1.61 bits per heavy atom. The molecule has 8 nitrogen and oxygen atoms in total. The van der Waals surface area contributed by atoms with Crippen molar-refractivity contribution in [1.29, 1.82) is 0 Å². The van der Waals surface area contributed by atoms with Gasteiger partial charge in [-0.1, -0.05) is 12.5 Å². The first-order chi connectivity index (χ1) is 15.8. The van der Waals surface area contributed by atoms with Crippen molar-refractivity contribution in [2.45, 2.75) is 37.1 Å². The number of piperazine rings is 1. The third-order valence-corrected chi connectivity index (χ3v) is 8.41. The maximum Gasteiger partial charge on any atom is 0.243 e. The number of rotatable bonds is 6. The molecule has 0 saturated carbocycles. The maximum absolute atomic E-state index is 13.0. The Bertz CT molecular complexity index is 1060. The summed E-state index contributed by atoms with van der Waals surface area (Å²) in [6.07, 6.45) is 2.82. The van der Waals surface area contributed by atoms with Crippen LogP contribution in [0.2, 0.25) is 0 Å². The second-order valence-corrected chi connectivity index (χ2v) is 10.6. The zero-order valence-electron chi connectivity index (χ0n) is 19.0. The number of phenols is 1. The van der Waals surface area contributed by atoms with Crippen molar-refractivity contribution in [3.05, 3.63) is 48.5 Å². The number of sulfonamides is 1. The molecule has 2 aliphatic rings. The van der Waals surface area contributed by atoms with Gasteiger partial charge in [-0.2, -0.15) is 4.31 Å². The maximum atomic E-state index is 13.0. The molecule has 178 valence electrons. The molecule has 0 aliphatic carbocycles. The summed E-state index contributed by atoms with van der Waals surface area (Å²) in [6.45, 7) is 6.01. The van der Waals surface area contributed by atoms with Crippen LogP contribution in [0.1, 0.15) is 26.2 Å². The molecule has 0 aromatic heterocycles. The van der Waals surface area contributed by atoms with Gasteiger partial charge in [-0.15, -0.1) is 0 Å². The van der Waals surface area contributed by atoms with Crippen LogP contribution >= 0.6 is 0 Å². The van der Waals surface area contributed by atoms with Gasteiger partial charge in [0.1, 0.15) is 5.75 Å². The highest BCUT2D eigenvalue weighted by atomic mass is 32.2. The van der Waals surface area contributed by atoms with E-state index >= 15 is 0 Å². The SMILES string of the molecule is CC(C(=O)Nc1cccc(S(=O)(=O)N2CCCCC2)c1)N1CCN(c2ccc(O)cc2)CC1. The number of nitrogens with zero attached hydrogens (tertiary/aromatic N) is 3. The average Bonchev–Trinajstić information content (AvgIpc) is 2.85. The zero-order valence-corrected chi connectivity index (χ0v) is 19.8. The van der Waals surface area contributed by atoms with E-state index < -0.39 is 10.0 Å². The van der Waals surface area contributed by atoms with E-state index in [-0.39, 0.29) is 22.6 Å². The number of phenolic OH excluding ortho intramolecular Hbond substituents is 1. The van der Waals surface area contributed by atoms with E-state index in [9.17, 15) is 18.3 Å². The number of benzene rings is 2. The lowest BCUT2D eigenvalue weighted by Crippen LogP contribution is -2.52. The number of hydrogen-bond donors (Lipinski definition) is 2. The van der Waals surface area contributed by atoms with Crippen molar-refractivity contribution >= 4 is 27.3 Å². The van der Waals surface area contributed by atoms with E-state index in [4.69, 9.17) is 0 Å². The van der Waals surface area contributed by atoms with Crippen LogP contribution in [-0.4, -0.2) is 73.9 Å². The van der Waals surface area contributed by atoms with Crippen molar-refractivity contribution < 1.29 is 18.3 Å². The fourth-order valence-electron chi connectivity index (χ4n) is 4.43. The number of hydrogen-bond acceptors (Lipinski definition) is 6. The van der Waals surface area contributed by atoms with Crippen molar-refractivity contribution in [2.24, 2.45) is 0 Å². The quantitative estimate of drug-likeness (QED) is 0.672. The Labute approximate surface area is 195 Å². The van der Waals surface area contributed by atoms with Gasteiger partial charge in [-0.25, -0.2) is 8.42 Å². The molecule has 1 atom stereocenters. The molecule has 2 N–H and O–H groups in total. The number of aromatic hydroxyl groups is 1. The molecule has 1 amide bonds. The first-order valence-electron chi connectivity index (χ1n) is 11.5. The summed E-state index contributed by atoms with van der Waals surface area (Å²) in [4.78, 5) is 17.5. The standard InChI is InChI=1S/C24H32N4O4S/c1-19(26-14-16-27(17-15-26)21-8-10-22(29)11-9-21)24(30)25-20-6-5-7-23(18-20)33(31,32)28-12-3-2-4-13-28/h5-11,18-19,29H,2-4,12-17H2,1H3,(H,25,30). The number of nitrogens with one attached hydrogen (secondary N) is 1. The lowest BCUT2D eigenvalue weighted by molar-refractivity contribution is -0.120. The Kier molecular flexibility index (Phi) is 7.21. The molecular weight excluding hydrogens is 440 g/mol. The van der Waals surface area contributed by atoms with E-state index in [1.54, 1.807) is 36.4 Å². The molecule has 9 heteroatoms. The molecule has 4 rings (SSSR count). The average molecular weight is 473 g/mol. The molecule has 1 unspecified atom stereocenters. The summed E-state index contributed by atoms with van der Waals surface area (Å²) < 4.78 is 27.5. The summed E-state index contributed by atoms with van der Waals surface area (Å²) >= 11 is 0. The van der Waals surface area contributed by atoms with Gasteiger partial charge >= 0.3 is 0 Å². The fraction of sp³-hybridized carbons (Fsp3) is 0.458. The molecule has 2 aromatic carbocycles. The van der Waals surface area contributed by atoms with Gasteiger partial charge < -0.3 is 15.3 Å². The number of carbonyl (C=O) groups excluding carboxylic acids is 1. The Hall–Kier alpha value is -2.62. The molecule has 0 radical (unpaired) electrons. The van der Waals surface area contributed by atoms with Crippen molar-refractivity contribution in [3.8, 4) is 5.75 Å². The predicted octanol–water partition coefficient (Wildman–Crippen LogP) is 2.72. The van der Waals surface area contributed by atoms with Crippen molar-refractivity contribution in [2.75, 3.05) is 49.5 Å². The Morgan fingerprint density at radius 3 is 2.27 bits per heavy atom. The highest BCUT2D eigenvalue weighted by molar-refractivity contribution is 7.89. The number of amides is 1. The summed E-state index contributed by atoms with van der Waals surface area (Å²) in [5.41, 5.74) is 1.55. The van der Waals surface area contributed by atoms with E-state index in [0.717, 1.165) is 51.1 Å². The van der Waals surface area contributed by atoms with Gasteiger partial charge in [0, 0.05) is 50.6 Å². The molecule has 2 fully saturated rings. The lowest BCUT2D eigenvalue weighted by Gasteiger charge is -2.38. The van der Waals surface area contributed by atoms with Crippen LogP contribution in [0.4, 0.5) is 11.4 Å². The predicted molar refractivity (Wildman–Crippen MR) is 129 cm³/mol. The van der Waals surface area contributed by atoms with E-state index in [1.807, 2.05) is 19.1 Å². The zero-order chi connectivity index (χ0) is 23.4. The molecule has 2 aliphatic heterocycles. The number of carbonyl (C=O) groups is 1. The van der Waals surface area contributed by atoms with Crippen LogP contribution in [0.15, 0.2) is 53.4 Å². The molecular formula is C24H32N4O4S. The van der Waals surface area contributed by atoms with Gasteiger partial charge in [-0.05, 0) is 62.2 Å². The first kappa shape index (κ1) is 23.5. The second-order valence-electron chi connectivity index (χ2n) is 8.70. The van der Waals surface area contributed by atoms with Crippen LogP contribution in [-0.2, 0) is 14.8 Å². The van der Waals surface area contributed by atoms with Gasteiger partial charge in [0.05, 0.1) is 10.9 Å².